The number of benzene rings is 1. The molecule has 1 aromatic carbocycles. The molecule has 0 saturated carbocycles. The number of hydrogen-bond acceptors (Lipinski definition) is 2. The van der Waals surface area contributed by atoms with Crippen molar-refractivity contribution in [1.82, 2.24) is 9.13 Å². The van der Waals surface area contributed by atoms with Gasteiger partial charge in [0.25, 0.3) is 5.56 Å². The van der Waals surface area contributed by atoms with E-state index in [9.17, 15) is 18.4 Å². The standard InChI is InChI=1S/C14H13BrF2N2O2/c1-2-6-18-7-5-12(20)19(14(18)21)8-9-11(16)4-3-10(15)13(9)17/h3-5,7H,2,6,8H2,1H3. The summed E-state index contributed by atoms with van der Waals surface area (Å²) in [5.41, 5.74) is -1.49. The molecule has 1 aromatic heterocycles. The van der Waals surface area contributed by atoms with Crippen LogP contribution >= 0.6 is 15.9 Å². The Morgan fingerprint density at radius 3 is 2.57 bits per heavy atom. The zero-order valence-electron chi connectivity index (χ0n) is 11.3. The average molecular weight is 359 g/mol. The van der Waals surface area contributed by atoms with Crippen LogP contribution in [0.1, 0.15) is 18.9 Å². The van der Waals surface area contributed by atoms with Crippen LogP contribution in [0.4, 0.5) is 8.78 Å². The van der Waals surface area contributed by atoms with Crippen molar-refractivity contribution in [3.63, 3.8) is 0 Å². The molecule has 21 heavy (non-hydrogen) atoms. The predicted octanol–water partition coefficient (Wildman–Crippen LogP) is 2.51. The minimum atomic E-state index is -0.813. The van der Waals surface area contributed by atoms with Gasteiger partial charge < -0.3 is 4.57 Å². The highest BCUT2D eigenvalue weighted by Gasteiger charge is 2.15. The molecular weight excluding hydrogens is 346 g/mol. The summed E-state index contributed by atoms with van der Waals surface area (Å²) in [6.07, 6.45) is 2.09. The van der Waals surface area contributed by atoms with Gasteiger partial charge in [-0.1, -0.05) is 6.92 Å². The third-order valence-electron chi connectivity index (χ3n) is 3.06. The molecule has 0 saturated heterocycles. The fourth-order valence-corrected chi connectivity index (χ4v) is 2.36. The van der Waals surface area contributed by atoms with Gasteiger partial charge in [-0.25, -0.2) is 13.6 Å². The van der Waals surface area contributed by atoms with Crippen LogP contribution in [0.5, 0.6) is 0 Å². The third kappa shape index (κ3) is 3.12. The highest BCUT2D eigenvalue weighted by atomic mass is 79.9. The Hall–Kier alpha value is -1.76. The summed E-state index contributed by atoms with van der Waals surface area (Å²) >= 11 is 2.96. The monoisotopic (exact) mass is 358 g/mol. The molecule has 0 bridgehead atoms. The van der Waals surface area contributed by atoms with Crippen molar-refractivity contribution < 1.29 is 8.78 Å². The van der Waals surface area contributed by atoms with Gasteiger partial charge >= 0.3 is 5.69 Å². The van der Waals surface area contributed by atoms with Crippen molar-refractivity contribution in [3.05, 3.63) is 66.9 Å². The maximum absolute atomic E-state index is 13.9. The van der Waals surface area contributed by atoms with Gasteiger partial charge in [0, 0.05) is 24.4 Å². The van der Waals surface area contributed by atoms with Crippen molar-refractivity contribution in [2.45, 2.75) is 26.4 Å². The minimum Gasteiger partial charge on any atom is -0.300 e. The van der Waals surface area contributed by atoms with Gasteiger partial charge in [-0.3, -0.25) is 9.36 Å². The largest absolute Gasteiger partial charge is 0.331 e. The van der Waals surface area contributed by atoms with Crippen LogP contribution in [0.2, 0.25) is 0 Å². The van der Waals surface area contributed by atoms with Crippen LogP contribution in [-0.4, -0.2) is 9.13 Å². The lowest BCUT2D eigenvalue weighted by molar-refractivity contribution is 0.517. The second kappa shape index (κ2) is 6.34. The topological polar surface area (TPSA) is 44.0 Å². The van der Waals surface area contributed by atoms with Crippen molar-refractivity contribution >= 4 is 15.9 Å². The summed E-state index contributed by atoms with van der Waals surface area (Å²) in [6.45, 7) is 1.87. The molecule has 0 fully saturated rings. The number of nitrogens with zero attached hydrogens (tertiary/aromatic N) is 2. The van der Waals surface area contributed by atoms with Crippen molar-refractivity contribution in [2.75, 3.05) is 0 Å². The number of aryl methyl sites for hydroxylation is 1. The predicted molar refractivity (Wildman–Crippen MR) is 78.4 cm³/mol. The number of halogens is 3. The summed E-state index contributed by atoms with van der Waals surface area (Å²) in [7, 11) is 0. The smallest absolute Gasteiger partial charge is 0.300 e. The van der Waals surface area contributed by atoms with Crippen LogP contribution in [-0.2, 0) is 13.1 Å². The molecule has 0 aliphatic carbocycles. The summed E-state index contributed by atoms with van der Waals surface area (Å²) in [5.74, 6) is -1.61. The quantitative estimate of drug-likeness (QED) is 0.788. The van der Waals surface area contributed by atoms with Gasteiger partial charge in [-0.05, 0) is 34.5 Å². The van der Waals surface area contributed by atoms with Crippen LogP contribution in [0.25, 0.3) is 0 Å². The molecule has 1 heterocycles. The maximum atomic E-state index is 13.9. The van der Waals surface area contributed by atoms with E-state index in [1.807, 2.05) is 6.92 Å². The molecule has 0 amide bonds. The highest BCUT2D eigenvalue weighted by Crippen LogP contribution is 2.21. The summed E-state index contributed by atoms with van der Waals surface area (Å²) in [5, 5.41) is 0. The van der Waals surface area contributed by atoms with E-state index in [0.29, 0.717) is 13.0 Å². The van der Waals surface area contributed by atoms with E-state index in [1.165, 1.54) is 22.9 Å². The van der Waals surface area contributed by atoms with E-state index < -0.39 is 29.4 Å². The van der Waals surface area contributed by atoms with Gasteiger partial charge in [-0.15, -0.1) is 0 Å². The van der Waals surface area contributed by atoms with Crippen molar-refractivity contribution in [2.24, 2.45) is 0 Å². The molecule has 0 aliphatic rings. The molecule has 2 aromatic rings. The molecule has 0 spiro atoms. The molecule has 0 radical (unpaired) electrons. The van der Waals surface area contributed by atoms with Crippen molar-refractivity contribution in [3.8, 4) is 0 Å². The molecule has 112 valence electrons. The number of rotatable bonds is 4. The second-order valence-corrected chi connectivity index (χ2v) is 5.39. The Bertz CT molecular complexity index is 784. The lowest BCUT2D eigenvalue weighted by Crippen LogP contribution is -2.39. The van der Waals surface area contributed by atoms with Gasteiger partial charge in [0.1, 0.15) is 11.6 Å². The lowest BCUT2D eigenvalue weighted by atomic mass is 10.2. The number of aromatic nitrogens is 2. The number of hydrogen-bond donors (Lipinski definition) is 0. The Balaban J connectivity index is 2.55. The Kier molecular flexibility index (Phi) is 4.72. The normalized spacial score (nSPS) is 10.9. The van der Waals surface area contributed by atoms with Gasteiger partial charge in [-0.2, -0.15) is 0 Å². The van der Waals surface area contributed by atoms with E-state index in [0.717, 1.165) is 10.6 Å². The van der Waals surface area contributed by atoms with Gasteiger partial charge in [0.15, 0.2) is 0 Å². The molecule has 0 N–H and O–H groups in total. The van der Waals surface area contributed by atoms with E-state index >= 15 is 0 Å². The van der Waals surface area contributed by atoms with Crippen LogP contribution < -0.4 is 11.2 Å². The maximum Gasteiger partial charge on any atom is 0.331 e. The zero-order chi connectivity index (χ0) is 15.6. The Labute approximate surface area is 127 Å². The first-order valence-electron chi connectivity index (χ1n) is 6.38. The lowest BCUT2D eigenvalue weighted by Gasteiger charge is -2.11. The van der Waals surface area contributed by atoms with Crippen LogP contribution in [0.3, 0.4) is 0 Å². The molecule has 4 nitrogen and oxygen atoms in total. The summed E-state index contributed by atoms with van der Waals surface area (Å²) < 4.78 is 29.9. The summed E-state index contributed by atoms with van der Waals surface area (Å²) in [6, 6.07) is 3.53. The van der Waals surface area contributed by atoms with E-state index in [2.05, 4.69) is 15.9 Å². The molecule has 7 heteroatoms. The van der Waals surface area contributed by atoms with Crippen molar-refractivity contribution in [1.29, 1.82) is 0 Å². The van der Waals surface area contributed by atoms with E-state index in [-0.39, 0.29) is 10.0 Å². The first-order valence-corrected chi connectivity index (χ1v) is 7.17. The zero-order valence-corrected chi connectivity index (χ0v) is 12.9. The first kappa shape index (κ1) is 15.6. The molecule has 2 rings (SSSR count). The van der Waals surface area contributed by atoms with Crippen LogP contribution in [0, 0.1) is 11.6 Å². The fourth-order valence-electron chi connectivity index (χ4n) is 1.99. The van der Waals surface area contributed by atoms with Crippen LogP contribution in [0.15, 0.2) is 38.5 Å². The minimum absolute atomic E-state index is 0.0803. The molecular formula is C14H13BrF2N2O2. The third-order valence-corrected chi connectivity index (χ3v) is 3.67. The fraction of sp³-hybridized carbons (Fsp3) is 0.286. The average Bonchev–Trinajstić information content (AvgIpc) is 2.45. The Morgan fingerprint density at radius 2 is 1.90 bits per heavy atom. The first-order chi connectivity index (χ1) is 9.95. The van der Waals surface area contributed by atoms with Gasteiger partial charge in [0.05, 0.1) is 11.0 Å². The highest BCUT2D eigenvalue weighted by molar-refractivity contribution is 9.10. The molecule has 0 atom stereocenters. The Morgan fingerprint density at radius 1 is 1.19 bits per heavy atom. The van der Waals surface area contributed by atoms with Gasteiger partial charge in [0.2, 0.25) is 0 Å². The van der Waals surface area contributed by atoms with E-state index in [1.54, 1.807) is 0 Å². The summed E-state index contributed by atoms with van der Waals surface area (Å²) in [4.78, 5) is 24.0. The molecule has 0 aliphatic heterocycles. The SMILES string of the molecule is CCCn1ccc(=O)n(Cc2c(F)ccc(Br)c2F)c1=O. The molecule has 0 unspecified atom stereocenters. The second-order valence-electron chi connectivity index (χ2n) is 4.54. The van der Waals surface area contributed by atoms with E-state index in [4.69, 9.17) is 0 Å².